The highest BCUT2D eigenvalue weighted by molar-refractivity contribution is 7.99. The Kier molecular flexibility index (Phi) is 7.71. The Morgan fingerprint density at radius 3 is 2.58 bits per heavy atom. The topological polar surface area (TPSA) is 90.3 Å². The third-order valence-corrected chi connectivity index (χ3v) is 5.38. The van der Waals surface area contributed by atoms with E-state index in [1.165, 1.54) is 31.0 Å². The van der Waals surface area contributed by atoms with Crippen LogP contribution in [0, 0.1) is 5.82 Å². The molecule has 0 aliphatic rings. The maximum absolute atomic E-state index is 13.0. The van der Waals surface area contributed by atoms with Gasteiger partial charge < -0.3 is 24.7 Å². The van der Waals surface area contributed by atoms with E-state index in [2.05, 4.69) is 20.8 Å². The van der Waals surface area contributed by atoms with Crippen LogP contribution >= 0.6 is 11.8 Å². The third-order valence-electron chi connectivity index (χ3n) is 4.42. The molecule has 0 unspecified atom stereocenters. The first-order chi connectivity index (χ1) is 15.0. The average molecular weight is 446 g/mol. The smallest absolute Gasteiger partial charge is 0.234 e. The van der Waals surface area contributed by atoms with Crippen LogP contribution in [0.5, 0.6) is 11.5 Å². The molecular weight excluding hydrogens is 421 g/mol. The highest BCUT2D eigenvalue weighted by Gasteiger charge is 2.14. The lowest BCUT2D eigenvalue weighted by Crippen LogP contribution is -2.15. The van der Waals surface area contributed by atoms with Gasteiger partial charge in [-0.25, -0.2) is 4.39 Å². The summed E-state index contributed by atoms with van der Waals surface area (Å²) in [4.78, 5) is 12.5. The van der Waals surface area contributed by atoms with E-state index in [4.69, 9.17) is 9.47 Å². The van der Waals surface area contributed by atoms with E-state index in [-0.39, 0.29) is 17.5 Å². The number of nitrogens with one attached hydrogen (secondary N) is 2. The number of aromatic nitrogens is 3. The SMILES string of the molecule is CCn1c(CNc2ccc(F)cc2)nnc1SCC(=O)Nc1cc(OC)ccc1OC. The molecular formula is C21H24FN5O3S. The average Bonchev–Trinajstić information content (AvgIpc) is 3.19. The van der Waals surface area contributed by atoms with E-state index in [0.717, 1.165) is 11.5 Å². The molecule has 10 heteroatoms. The summed E-state index contributed by atoms with van der Waals surface area (Å²) in [6, 6.07) is 11.3. The third kappa shape index (κ3) is 5.88. The van der Waals surface area contributed by atoms with Gasteiger partial charge >= 0.3 is 0 Å². The van der Waals surface area contributed by atoms with Crippen molar-refractivity contribution in [2.24, 2.45) is 0 Å². The first kappa shape index (κ1) is 22.4. The number of hydrogen-bond acceptors (Lipinski definition) is 7. The lowest BCUT2D eigenvalue weighted by Gasteiger charge is -2.12. The Hall–Kier alpha value is -3.27. The Labute approximate surface area is 184 Å². The molecule has 0 fully saturated rings. The lowest BCUT2D eigenvalue weighted by atomic mass is 10.2. The summed E-state index contributed by atoms with van der Waals surface area (Å²) in [5, 5.41) is 15.1. The van der Waals surface area contributed by atoms with Crippen LogP contribution in [0.1, 0.15) is 12.7 Å². The van der Waals surface area contributed by atoms with Crippen molar-refractivity contribution >= 4 is 29.0 Å². The van der Waals surface area contributed by atoms with Crippen molar-refractivity contribution in [1.29, 1.82) is 0 Å². The van der Waals surface area contributed by atoms with Gasteiger partial charge in [-0.15, -0.1) is 10.2 Å². The molecule has 0 aliphatic carbocycles. The van der Waals surface area contributed by atoms with E-state index in [1.807, 2.05) is 11.5 Å². The van der Waals surface area contributed by atoms with Crippen molar-refractivity contribution in [3.8, 4) is 11.5 Å². The maximum Gasteiger partial charge on any atom is 0.234 e. The zero-order valence-electron chi connectivity index (χ0n) is 17.5. The molecule has 0 bridgehead atoms. The molecule has 0 saturated carbocycles. The van der Waals surface area contributed by atoms with Crippen molar-refractivity contribution in [2.45, 2.75) is 25.2 Å². The zero-order chi connectivity index (χ0) is 22.2. The van der Waals surface area contributed by atoms with Gasteiger partial charge in [0, 0.05) is 18.3 Å². The van der Waals surface area contributed by atoms with Crippen LogP contribution < -0.4 is 20.1 Å². The summed E-state index contributed by atoms with van der Waals surface area (Å²) in [7, 11) is 3.10. The molecule has 0 saturated heterocycles. The van der Waals surface area contributed by atoms with E-state index in [0.29, 0.717) is 35.4 Å². The molecule has 3 aromatic rings. The summed E-state index contributed by atoms with van der Waals surface area (Å²) in [6.45, 7) is 3.07. The highest BCUT2D eigenvalue weighted by Crippen LogP contribution is 2.29. The fourth-order valence-electron chi connectivity index (χ4n) is 2.85. The minimum Gasteiger partial charge on any atom is -0.497 e. The molecule has 2 N–H and O–H groups in total. The van der Waals surface area contributed by atoms with Crippen LogP contribution in [0.4, 0.5) is 15.8 Å². The van der Waals surface area contributed by atoms with Gasteiger partial charge in [0.2, 0.25) is 5.91 Å². The monoisotopic (exact) mass is 445 g/mol. The molecule has 2 aromatic carbocycles. The van der Waals surface area contributed by atoms with Crippen molar-refractivity contribution in [3.63, 3.8) is 0 Å². The lowest BCUT2D eigenvalue weighted by molar-refractivity contribution is -0.113. The van der Waals surface area contributed by atoms with Crippen LogP contribution in [-0.2, 0) is 17.9 Å². The van der Waals surface area contributed by atoms with Crippen LogP contribution in [0.3, 0.4) is 0 Å². The molecule has 0 atom stereocenters. The largest absolute Gasteiger partial charge is 0.497 e. The predicted molar refractivity (Wildman–Crippen MR) is 118 cm³/mol. The van der Waals surface area contributed by atoms with E-state index < -0.39 is 0 Å². The molecule has 0 spiro atoms. The minimum absolute atomic E-state index is 0.157. The molecule has 1 aromatic heterocycles. The second-order valence-electron chi connectivity index (χ2n) is 6.41. The van der Waals surface area contributed by atoms with Crippen LogP contribution in [-0.4, -0.2) is 40.6 Å². The summed E-state index contributed by atoms with van der Waals surface area (Å²) in [5.41, 5.74) is 1.32. The number of thioether (sulfide) groups is 1. The zero-order valence-corrected chi connectivity index (χ0v) is 18.3. The van der Waals surface area contributed by atoms with Gasteiger partial charge in [-0.1, -0.05) is 11.8 Å². The standard InChI is InChI=1S/C21H24FN5O3S/c1-4-27-19(12-23-15-7-5-14(22)6-8-15)25-26-21(27)31-13-20(28)24-17-11-16(29-2)9-10-18(17)30-3/h5-11,23H,4,12-13H2,1-3H3,(H,24,28). The number of benzene rings is 2. The van der Waals surface area contributed by atoms with Crippen molar-refractivity contribution in [1.82, 2.24) is 14.8 Å². The molecule has 164 valence electrons. The second kappa shape index (κ2) is 10.7. The van der Waals surface area contributed by atoms with Gasteiger partial charge in [-0.05, 0) is 43.3 Å². The molecule has 31 heavy (non-hydrogen) atoms. The van der Waals surface area contributed by atoms with Crippen molar-refractivity contribution < 1.29 is 18.7 Å². The Morgan fingerprint density at radius 1 is 1.13 bits per heavy atom. The summed E-state index contributed by atoms with van der Waals surface area (Å²) in [5.74, 6) is 1.56. The van der Waals surface area contributed by atoms with Gasteiger partial charge in [-0.2, -0.15) is 0 Å². The van der Waals surface area contributed by atoms with Crippen molar-refractivity contribution in [3.05, 3.63) is 54.1 Å². The first-order valence-electron chi connectivity index (χ1n) is 9.60. The molecule has 1 amide bonds. The van der Waals surface area contributed by atoms with E-state index in [9.17, 15) is 9.18 Å². The second-order valence-corrected chi connectivity index (χ2v) is 7.35. The number of carbonyl (C=O) groups excluding carboxylic acids is 1. The predicted octanol–water partition coefficient (Wildman–Crippen LogP) is 3.80. The normalized spacial score (nSPS) is 10.6. The fourth-order valence-corrected chi connectivity index (χ4v) is 3.67. The van der Waals surface area contributed by atoms with Gasteiger partial charge in [0.15, 0.2) is 11.0 Å². The Balaban J connectivity index is 1.60. The number of amides is 1. The van der Waals surface area contributed by atoms with E-state index >= 15 is 0 Å². The quantitative estimate of drug-likeness (QED) is 0.459. The summed E-state index contributed by atoms with van der Waals surface area (Å²) in [6.07, 6.45) is 0. The summed E-state index contributed by atoms with van der Waals surface area (Å²) < 4.78 is 25.5. The van der Waals surface area contributed by atoms with Gasteiger partial charge in [-0.3, -0.25) is 4.79 Å². The molecule has 1 heterocycles. The van der Waals surface area contributed by atoms with Gasteiger partial charge in [0.25, 0.3) is 0 Å². The van der Waals surface area contributed by atoms with Crippen LogP contribution in [0.25, 0.3) is 0 Å². The highest BCUT2D eigenvalue weighted by atomic mass is 32.2. The number of ether oxygens (including phenoxy) is 2. The molecule has 3 rings (SSSR count). The van der Waals surface area contributed by atoms with Crippen LogP contribution in [0.2, 0.25) is 0 Å². The first-order valence-corrected chi connectivity index (χ1v) is 10.6. The number of anilines is 2. The van der Waals surface area contributed by atoms with Gasteiger partial charge in [0.1, 0.15) is 17.3 Å². The van der Waals surface area contributed by atoms with Gasteiger partial charge in [0.05, 0.1) is 32.2 Å². The number of carbonyl (C=O) groups is 1. The Bertz CT molecular complexity index is 1030. The number of methoxy groups -OCH3 is 2. The summed E-state index contributed by atoms with van der Waals surface area (Å²) >= 11 is 1.29. The number of nitrogens with zero attached hydrogens (tertiary/aromatic N) is 3. The maximum atomic E-state index is 13.0. The number of rotatable bonds is 10. The fraction of sp³-hybridized carbons (Fsp3) is 0.286. The molecule has 8 nitrogen and oxygen atoms in total. The van der Waals surface area contributed by atoms with E-state index in [1.54, 1.807) is 37.4 Å². The Morgan fingerprint density at radius 2 is 1.90 bits per heavy atom. The number of hydrogen-bond donors (Lipinski definition) is 2. The van der Waals surface area contributed by atoms with Crippen molar-refractivity contribution in [2.75, 3.05) is 30.6 Å². The molecule has 0 radical (unpaired) electrons. The van der Waals surface area contributed by atoms with Crippen LogP contribution in [0.15, 0.2) is 47.6 Å². The number of halogens is 1. The molecule has 0 aliphatic heterocycles. The minimum atomic E-state index is -0.286.